The molecule has 4 unspecified atom stereocenters. The minimum absolute atomic E-state index is 0.302. The fraction of sp³-hybridized carbons (Fsp3) is 0.844. The first-order valence-corrected chi connectivity index (χ1v) is 14.8. The Morgan fingerprint density at radius 2 is 1.79 bits per heavy atom. The molecule has 0 saturated carbocycles. The van der Waals surface area contributed by atoms with Crippen LogP contribution in [0.25, 0.3) is 0 Å². The number of unbranched alkanes of at least 4 members (excludes halogenated alkanes) is 3. The molecule has 1 nitrogen and oxygen atoms in total. The van der Waals surface area contributed by atoms with Crippen molar-refractivity contribution >= 4 is 5.78 Å². The van der Waals surface area contributed by atoms with Gasteiger partial charge in [0, 0.05) is 12.3 Å². The van der Waals surface area contributed by atoms with Gasteiger partial charge in [-0.15, -0.1) is 0 Å². The number of hydrogen-bond donors (Lipinski definition) is 0. The van der Waals surface area contributed by atoms with Gasteiger partial charge in [0.25, 0.3) is 0 Å². The molecule has 0 heterocycles. The first-order chi connectivity index (χ1) is 15.9. The number of carbonyl (C=O) groups excluding carboxylic acids is 1. The van der Waals surface area contributed by atoms with E-state index in [0.29, 0.717) is 24.0 Å². The lowest BCUT2D eigenvalue weighted by atomic mass is 9.70. The fourth-order valence-electron chi connectivity index (χ4n) is 5.58. The van der Waals surface area contributed by atoms with E-state index in [0.717, 1.165) is 30.6 Å². The Bertz CT molecular complexity index is 529. The number of allylic oxidation sites excluding steroid dienone is 4. The third kappa shape index (κ3) is 14.2. The van der Waals surface area contributed by atoms with E-state index in [1.165, 1.54) is 70.6 Å². The molecule has 0 aromatic rings. The van der Waals surface area contributed by atoms with Crippen LogP contribution in [-0.2, 0) is 4.79 Å². The van der Waals surface area contributed by atoms with Crippen LogP contribution in [-0.4, -0.2) is 5.78 Å². The molecule has 0 aromatic carbocycles. The van der Waals surface area contributed by atoms with Crippen molar-refractivity contribution in [1.82, 2.24) is 0 Å². The lowest BCUT2D eigenvalue weighted by molar-refractivity contribution is -0.123. The molecule has 0 spiro atoms. The van der Waals surface area contributed by atoms with Crippen molar-refractivity contribution in [3.8, 4) is 0 Å². The summed E-state index contributed by atoms with van der Waals surface area (Å²) in [6.45, 7) is 17.5. The van der Waals surface area contributed by atoms with E-state index in [4.69, 9.17) is 0 Å². The molecule has 33 heavy (non-hydrogen) atoms. The number of carbonyl (C=O) groups is 1. The summed E-state index contributed by atoms with van der Waals surface area (Å²) in [7, 11) is 0. The Kier molecular flexibility index (Phi) is 20.0. The number of Topliss-reactive ketones (excluding diaryl/α,β-unsaturated/α-hetero) is 1. The molecule has 1 heteroatoms. The zero-order valence-corrected chi connectivity index (χ0v) is 23.9. The summed E-state index contributed by atoms with van der Waals surface area (Å²) in [5.74, 6) is 3.83. The molecule has 0 saturated heterocycles. The van der Waals surface area contributed by atoms with Crippen LogP contribution in [0.4, 0.5) is 0 Å². The lowest BCUT2D eigenvalue weighted by Crippen LogP contribution is -2.26. The maximum atomic E-state index is 12.3. The van der Waals surface area contributed by atoms with Gasteiger partial charge in [0.1, 0.15) is 5.78 Å². The number of ketones is 1. The van der Waals surface area contributed by atoms with E-state index in [-0.39, 0.29) is 0 Å². The standard InChI is InChI=1S/C23H42O.C7H12.C2H6/c1-6-9-10-11-15-20(16-21(7-2)23(24)8-3)17-22-18(4)13-12-14-19(22)5;1-7-5-3-2-4-6-7;1-2/h12-13,18-22H,6-11,14-17H2,1-5H3;5H,2-4,6H2,1H3;1-2H3/t18?,19?,20-,21?,22?;;/m0../s1. The molecule has 0 aliphatic heterocycles. The van der Waals surface area contributed by atoms with Gasteiger partial charge in [0.2, 0.25) is 0 Å². The topological polar surface area (TPSA) is 17.1 Å². The van der Waals surface area contributed by atoms with Crippen LogP contribution in [0.5, 0.6) is 0 Å². The Hall–Kier alpha value is -0.850. The van der Waals surface area contributed by atoms with Gasteiger partial charge in [-0.2, -0.15) is 0 Å². The smallest absolute Gasteiger partial charge is 0.135 e. The zero-order chi connectivity index (χ0) is 25.1. The first kappa shape index (κ1) is 32.1. The minimum atomic E-state index is 0.302. The summed E-state index contributed by atoms with van der Waals surface area (Å²) in [6, 6.07) is 0. The van der Waals surface area contributed by atoms with Crippen LogP contribution in [0.15, 0.2) is 23.8 Å². The van der Waals surface area contributed by atoms with E-state index >= 15 is 0 Å². The van der Waals surface area contributed by atoms with Gasteiger partial charge in [-0.25, -0.2) is 0 Å². The third-order valence-corrected chi connectivity index (χ3v) is 7.86. The van der Waals surface area contributed by atoms with Crippen molar-refractivity contribution in [2.24, 2.45) is 29.6 Å². The van der Waals surface area contributed by atoms with Crippen LogP contribution in [0.1, 0.15) is 145 Å². The fourth-order valence-corrected chi connectivity index (χ4v) is 5.58. The largest absolute Gasteiger partial charge is 0.299 e. The summed E-state index contributed by atoms with van der Waals surface area (Å²) in [6.07, 6.45) is 24.8. The Labute approximate surface area is 209 Å². The molecule has 0 radical (unpaired) electrons. The zero-order valence-electron chi connectivity index (χ0n) is 23.9. The van der Waals surface area contributed by atoms with Crippen molar-refractivity contribution < 1.29 is 4.79 Å². The normalized spacial score (nSPS) is 23.9. The monoisotopic (exact) mass is 460 g/mol. The SMILES string of the molecule is CC.CC1=CCCCC1.CCCCCC[C@@H](CC(CC)C(=O)CC)CC1C(C)C=CCC1C. The van der Waals surface area contributed by atoms with Gasteiger partial charge in [-0.1, -0.05) is 104 Å². The summed E-state index contributed by atoms with van der Waals surface area (Å²) < 4.78 is 0. The Morgan fingerprint density at radius 1 is 1.06 bits per heavy atom. The molecular weight excluding hydrogens is 400 g/mol. The second kappa shape index (κ2) is 20.5. The van der Waals surface area contributed by atoms with Crippen molar-refractivity contribution in [2.75, 3.05) is 0 Å². The lowest BCUT2D eigenvalue weighted by Gasteiger charge is -2.35. The molecule has 0 bridgehead atoms. The second-order valence-corrected chi connectivity index (χ2v) is 10.6. The molecule has 2 rings (SSSR count). The molecule has 2 aliphatic rings. The van der Waals surface area contributed by atoms with Crippen molar-refractivity contribution in [2.45, 2.75) is 145 Å². The molecule has 0 fully saturated rings. The maximum Gasteiger partial charge on any atom is 0.135 e. The third-order valence-electron chi connectivity index (χ3n) is 7.86. The molecule has 0 N–H and O–H groups in total. The van der Waals surface area contributed by atoms with E-state index in [1.54, 1.807) is 5.57 Å². The molecule has 2 aliphatic carbocycles. The maximum absolute atomic E-state index is 12.3. The highest BCUT2D eigenvalue weighted by Gasteiger charge is 2.29. The highest BCUT2D eigenvalue weighted by molar-refractivity contribution is 5.80. The van der Waals surface area contributed by atoms with E-state index in [1.807, 2.05) is 20.8 Å². The van der Waals surface area contributed by atoms with E-state index in [9.17, 15) is 4.79 Å². The van der Waals surface area contributed by atoms with Crippen LogP contribution < -0.4 is 0 Å². The highest BCUT2D eigenvalue weighted by Crippen LogP contribution is 2.38. The van der Waals surface area contributed by atoms with Gasteiger partial charge in [-0.05, 0) is 82.0 Å². The van der Waals surface area contributed by atoms with Crippen molar-refractivity contribution in [3.05, 3.63) is 23.8 Å². The van der Waals surface area contributed by atoms with Crippen LogP contribution in [0, 0.1) is 29.6 Å². The van der Waals surface area contributed by atoms with Crippen LogP contribution in [0.3, 0.4) is 0 Å². The number of hydrogen-bond acceptors (Lipinski definition) is 1. The van der Waals surface area contributed by atoms with Crippen molar-refractivity contribution in [1.29, 1.82) is 0 Å². The van der Waals surface area contributed by atoms with Gasteiger partial charge in [-0.3, -0.25) is 4.79 Å². The number of rotatable bonds is 12. The van der Waals surface area contributed by atoms with Crippen molar-refractivity contribution in [3.63, 3.8) is 0 Å². The average Bonchev–Trinajstić information content (AvgIpc) is 2.83. The molecule has 0 amide bonds. The average molecular weight is 461 g/mol. The van der Waals surface area contributed by atoms with Crippen LogP contribution in [0.2, 0.25) is 0 Å². The minimum Gasteiger partial charge on any atom is -0.299 e. The Morgan fingerprint density at radius 3 is 2.27 bits per heavy atom. The summed E-state index contributed by atoms with van der Waals surface area (Å²) in [4.78, 5) is 12.3. The summed E-state index contributed by atoms with van der Waals surface area (Å²) >= 11 is 0. The van der Waals surface area contributed by atoms with Gasteiger partial charge in [0.15, 0.2) is 0 Å². The van der Waals surface area contributed by atoms with Crippen LogP contribution >= 0.6 is 0 Å². The van der Waals surface area contributed by atoms with Gasteiger partial charge < -0.3 is 0 Å². The molecule has 5 atom stereocenters. The first-order valence-electron chi connectivity index (χ1n) is 14.8. The molecular formula is C32H60O. The Balaban J connectivity index is 0.000000950. The second-order valence-electron chi connectivity index (χ2n) is 10.6. The predicted octanol–water partition coefficient (Wildman–Crippen LogP) is 10.7. The molecule has 194 valence electrons. The van der Waals surface area contributed by atoms with E-state index < -0.39 is 0 Å². The quantitative estimate of drug-likeness (QED) is 0.209. The predicted molar refractivity (Wildman–Crippen MR) is 150 cm³/mol. The molecule has 0 aromatic heterocycles. The highest BCUT2D eigenvalue weighted by atomic mass is 16.1. The van der Waals surface area contributed by atoms with E-state index in [2.05, 4.69) is 52.8 Å². The summed E-state index contributed by atoms with van der Waals surface area (Å²) in [5, 5.41) is 0. The van der Waals surface area contributed by atoms with Gasteiger partial charge >= 0.3 is 0 Å². The van der Waals surface area contributed by atoms with Gasteiger partial charge in [0.05, 0.1) is 0 Å². The summed E-state index contributed by atoms with van der Waals surface area (Å²) in [5.41, 5.74) is 1.59.